The molecule has 4 nitrogen and oxygen atoms in total. The molecule has 19 heavy (non-hydrogen) atoms. The Labute approximate surface area is 113 Å². The summed E-state index contributed by atoms with van der Waals surface area (Å²) in [6.07, 6.45) is 2.03. The number of aromatic nitrogens is 1. The molecule has 0 unspecified atom stereocenters. The maximum Gasteiger partial charge on any atom is 0.221 e. The normalized spacial score (nSPS) is 10.3. The summed E-state index contributed by atoms with van der Waals surface area (Å²) in [6, 6.07) is 9.97. The number of nitrogens with zero attached hydrogens (tertiary/aromatic N) is 1. The molecule has 0 aliphatic rings. The van der Waals surface area contributed by atoms with Gasteiger partial charge in [0.05, 0.1) is 6.54 Å². The zero-order valence-corrected chi connectivity index (χ0v) is 11.5. The Morgan fingerprint density at radius 1 is 1.32 bits per heavy atom. The second-order valence-electron chi connectivity index (χ2n) is 4.67. The van der Waals surface area contributed by atoms with E-state index in [2.05, 4.69) is 21.3 Å². The average molecular weight is 257 g/mol. The van der Waals surface area contributed by atoms with Crippen LogP contribution in [0.5, 0.6) is 0 Å². The molecule has 0 radical (unpaired) electrons. The van der Waals surface area contributed by atoms with Crippen molar-refractivity contribution < 1.29 is 4.79 Å². The third kappa shape index (κ3) is 3.37. The molecule has 0 atom stereocenters. The highest BCUT2D eigenvalue weighted by atomic mass is 16.1. The zero-order chi connectivity index (χ0) is 13.8. The Morgan fingerprint density at radius 2 is 2.11 bits per heavy atom. The molecule has 4 heteroatoms. The van der Waals surface area contributed by atoms with E-state index in [0.29, 0.717) is 0 Å². The highest BCUT2D eigenvalue weighted by molar-refractivity contribution is 5.89. The van der Waals surface area contributed by atoms with Gasteiger partial charge in [-0.05, 0) is 36.8 Å². The van der Waals surface area contributed by atoms with E-state index >= 15 is 0 Å². The van der Waals surface area contributed by atoms with Gasteiger partial charge < -0.3 is 15.2 Å². The first kappa shape index (κ1) is 13.2. The number of rotatable bonds is 4. The Kier molecular flexibility index (Phi) is 3.90. The van der Waals surface area contributed by atoms with Gasteiger partial charge >= 0.3 is 0 Å². The number of carbonyl (C=O) groups is 1. The molecule has 1 heterocycles. The summed E-state index contributed by atoms with van der Waals surface area (Å²) in [5, 5.41) is 6.19. The van der Waals surface area contributed by atoms with Crippen LogP contribution in [0.25, 0.3) is 0 Å². The van der Waals surface area contributed by atoms with Crippen molar-refractivity contribution in [1.82, 2.24) is 4.57 Å². The fourth-order valence-corrected chi connectivity index (χ4v) is 1.96. The van der Waals surface area contributed by atoms with Crippen molar-refractivity contribution in [3.05, 3.63) is 47.8 Å². The maximum absolute atomic E-state index is 11.1. The molecular weight excluding hydrogens is 238 g/mol. The van der Waals surface area contributed by atoms with Gasteiger partial charge in [-0.15, -0.1) is 0 Å². The van der Waals surface area contributed by atoms with Gasteiger partial charge in [0, 0.05) is 37.2 Å². The number of hydrogen-bond acceptors (Lipinski definition) is 2. The molecule has 0 saturated carbocycles. The number of carbonyl (C=O) groups excluding carboxylic acids is 1. The minimum Gasteiger partial charge on any atom is -0.379 e. The van der Waals surface area contributed by atoms with Crippen LogP contribution in [-0.4, -0.2) is 10.5 Å². The van der Waals surface area contributed by atoms with Crippen molar-refractivity contribution in [1.29, 1.82) is 0 Å². The van der Waals surface area contributed by atoms with Gasteiger partial charge in [0.2, 0.25) is 5.91 Å². The highest BCUT2D eigenvalue weighted by Crippen LogP contribution is 2.21. The summed E-state index contributed by atoms with van der Waals surface area (Å²) in [6.45, 7) is 4.32. The second-order valence-corrected chi connectivity index (χ2v) is 4.67. The Bertz CT molecular complexity index is 587. The van der Waals surface area contributed by atoms with Gasteiger partial charge in [0.25, 0.3) is 0 Å². The minimum atomic E-state index is -0.0581. The van der Waals surface area contributed by atoms with Gasteiger partial charge in [-0.25, -0.2) is 0 Å². The monoisotopic (exact) mass is 257 g/mol. The summed E-state index contributed by atoms with van der Waals surface area (Å²) in [7, 11) is 2.03. The van der Waals surface area contributed by atoms with E-state index in [0.717, 1.165) is 23.5 Å². The molecule has 100 valence electrons. The van der Waals surface area contributed by atoms with Crippen molar-refractivity contribution in [2.24, 2.45) is 7.05 Å². The van der Waals surface area contributed by atoms with E-state index in [4.69, 9.17) is 0 Å². The first-order chi connectivity index (χ1) is 9.06. The third-order valence-corrected chi connectivity index (χ3v) is 3.07. The smallest absolute Gasteiger partial charge is 0.221 e. The lowest BCUT2D eigenvalue weighted by Crippen LogP contribution is -2.08. The minimum absolute atomic E-state index is 0.0581. The number of hydrogen-bond donors (Lipinski definition) is 2. The van der Waals surface area contributed by atoms with Gasteiger partial charge in [-0.3, -0.25) is 4.79 Å². The van der Waals surface area contributed by atoms with Crippen LogP contribution in [0.1, 0.15) is 18.2 Å². The summed E-state index contributed by atoms with van der Waals surface area (Å²) >= 11 is 0. The van der Waals surface area contributed by atoms with Crippen LogP contribution in [0.3, 0.4) is 0 Å². The molecule has 2 aromatic rings. The van der Waals surface area contributed by atoms with Gasteiger partial charge in [-0.2, -0.15) is 0 Å². The zero-order valence-electron chi connectivity index (χ0n) is 11.5. The first-order valence-electron chi connectivity index (χ1n) is 6.28. The molecule has 0 saturated heterocycles. The van der Waals surface area contributed by atoms with E-state index in [-0.39, 0.29) is 5.91 Å². The lowest BCUT2D eigenvalue weighted by Gasteiger charge is -2.12. The molecule has 2 N–H and O–H groups in total. The van der Waals surface area contributed by atoms with Crippen molar-refractivity contribution in [3.63, 3.8) is 0 Å². The van der Waals surface area contributed by atoms with Gasteiger partial charge in [-0.1, -0.05) is 6.07 Å². The van der Waals surface area contributed by atoms with E-state index in [1.807, 2.05) is 44.4 Å². The summed E-state index contributed by atoms with van der Waals surface area (Å²) in [4.78, 5) is 11.1. The number of amides is 1. The number of anilines is 2. The van der Waals surface area contributed by atoms with Crippen LogP contribution in [-0.2, 0) is 18.4 Å². The van der Waals surface area contributed by atoms with Crippen molar-refractivity contribution >= 4 is 17.3 Å². The van der Waals surface area contributed by atoms with E-state index in [1.165, 1.54) is 12.6 Å². The largest absolute Gasteiger partial charge is 0.379 e. The fraction of sp³-hybridized carbons (Fsp3) is 0.267. The lowest BCUT2D eigenvalue weighted by molar-refractivity contribution is -0.114. The molecule has 1 amide bonds. The number of nitrogens with one attached hydrogen (secondary N) is 2. The van der Waals surface area contributed by atoms with Crippen molar-refractivity contribution in [2.45, 2.75) is 20.4 Å². The van der Waals surface area contributed by atoms with Crippen molar-refractivity contribution in [3.8, 4) is 0 Å². The van der Waals surface area contributed by atoms with Gasteiger partial charge in [0.1, 0.15) is 0 Å². The van der Waals surface area contributed by atoms with Crippen LogP contribution in [0.4, 0.5) is 11.4 Å². The first-order valence-corrected chi connectivity index (χ1v) is 6.28. The molecule has 0 spiro atoms. The predicted octanol–water partition coefficient (Wildman–Crippen LogP) is 2.90. The third-order valence-electron chi connectivity index (χ3n) is 3.07. The SMILES string of the molecule is CC(=O)Nc1ccc(C)c(NCc2cccn2C)c1. The van der Waals surface area contributed by atoms with Crippen LogP contribution in [0.15, 0.2) is 36.5 Å². The predicted molar refractivity (Wildman–Crippen MR) is 78.2 cm³/mol. The van der Waals surface area contributed by atoms with Crippen LogP contribution < -0.4 is 10.6 Å². The van der Waals surface area contributed by atoms with E-state index < -0.39 is 0 Å². The molecule has 0 aliphatic carbocycles. The van der Waals surface area contributed by atoms with E-state index in [9.17, 15) is 4.79 Å². The standard InChI is InChI=1S/C15H19N3O/c1-11-6-7-13(17-12(2)19)9-15(11)16-10-14-5-4-8-18(14)3/h4-9,16H,10H2,1-3H3,(H,17,19). The second kappa shape index (κ2) is 5.61. The quantitative estimate of drug-likeness (QED) is 0.884. The van der Waals surface area contributed by atoms with Crippen molar-refractivity contribution in [2.75, 3.05) is 10.6 Å². The summed E-state index contributed by atoms with van der Waals surface area (Å²) < 4.78 is 2.08. The molecule has 0 aliphatic heterocycles. The fourth-order valence-electron chi connectivity index (χ4n) is 1.96. The molecule has 1 aromatic carbocycles. The number of benzene rings is 1. The highest BCUT2D eigenvalue weighted by Gasteiger charge is 2.03. The van der Waals surface area contributed by atoms with Crippen LogP contribution in [0, 0.1) is 6.92 Å². The maximum atomic E-state index is 11.1. The van der Waals surface area contributed by atoms with E-state index in [1.54, 1.807) is 0 Å². The average Bonchev–Trinajstić information content (AvgIpc) is 2.75. The molecule has 2 rings (SSSR count). The lowest BCUT2D eigenvalue weighted by atomic mass is 10.1. The van der Waals surface area contributed by atoms with Crippen LogP contribution >= 0.6 is 0 Å². The van der Waals surface area contributed by atoms with Crippen LogP contribution in [0.2, 0.25) is 0 Å². The Hall–Kier alpha value is -2.23. The van der Waals surface area contributed by atoms with Gasteiger partial charge in [0.15, 0.2) is 0 Å². The number of aryl methyl sites for hydroxylation is 2. The molecule has 0 fully saturated rings. The summed E-state index contributed by atoms with van der Waals surface area (Å²) in [5.41, 5.74) is 4.22. The molecular formula is C15H19N3O. The Balaban J connectivity index is 2.11. The molecule has 1 aromatic heterocycles. The molecule has 0 bridgehead atoms. The summed E-state index contributed by atoms with van der Waals surface area (Å²) in [5.74, 6) is -0.0581. The topological polar surface area (TPSA) is 46.1 Å². The Morgan fingerprint density at radius 3 is 2.74 bits per heavy atom.